The summed E-state index contributed by atoms with van der Waals surface area (Å²) in [5.41, 5.74) is -0.0890. The van der Waals surface area contributed by atoms with Crippen LogP contribution in [0, 0.1) is 0 Å². The van der Waals surface area contributed by atoms with Crippen molar-refractivity contribution in [2.75, 3.05) is 0 Å². The van der Waals surface area contributed by atoms with Gasteiger partial charge in [0, 0.05) is 24.4 Å². The highest BCUT2D eigenvalue weighted by Crippen LogP contribution is 2.25. The Bertz CT molecular complexity index is 269. The van der Waals surface area contributed by atoms with Crippen LogP contribution >= 0.6 is 0 Å². The highest BCUT2D eigenvalue weighted by molar-refractivity contribution is 5.51. The molecule has 0 radical (unpaired) electrons. The lowest BCUT2D eigenvalue weighted by Crippen LogP contribution is -2.29. The standard InChI is InChI=1S/C11H18N2O/c1-3-4-5-11(2,6-9-14)13-8-7-12-10-13/h7-10H,3-6H2,1-2H3. The van der Waals surface area contributed by atoms with Crippen LogP contribution < -0.4 is 0 Å². The highest BCUT2D eigenvalue weighted by atomic mass is 16.1. The molecule has 14 heavy (non-hydrogen) atoms. The van der Waals surface area contributed by atoms with E-state index < -0.39 is 0 Å². The van der Waals surface area contributed by atoms with Gasteiger partial charge in [0.2, 0.25) is 0 Å². The van der Waals surface area contributed by atoms with E-state index in [0.717, 1.165) is 25.5 Å². The minimum absolute atomic E-state index is 0.0890. The monoisotopic (exact) mass is 194 g/mol. The van der Waals surface area contributed by atoms with Crippen LogP contribution in [0.2, 0.25) is 0 Å². The molecule has 3 nitrogen and oxygen atoms in total. The molecule has 0 aliphatic carbocycles. The van der Waals surface area contributed by atoms with Crippen molar-refractivity contribution in [2.45, 2.75) is 45.1 Å². The van der Waals surface area contributed by atoms with Gasteiger partial charge in [0.05, 0.1) is 6.33 Å². The number of aromatic nitrogens is 2. The van der Waals surface area contributed by atoms with Gasteiger partial charge in [-0.1, -0.05) is 19.8 Å². The smallest absolute Gasteiger partial charge is 0.122 e. The van der Waals surface area contributed by atoms with Crippen molar-refractivity contribution in [1.29, 1.82) is 0 Å². The lowest BCUT2D eigenvalue weighted by molar-refractivity contribution is -0.109. The molecule has 0 saturated heterocycles. The van der Waals surface area contributed by atoms with Crippen molar-refractivity contribution in [3.63, 3.8) is 0 Å². The number of nitrogens with zero attached hydrogens (tertiary/aromatic N) is 2. The van der Waals surface area contributed by atoms with Crippen LogP contribution in [0.5, 0.6) is 0 Å². The van der Waals surface area contributed by atoms with Crippen LogP contribution in [-0.4, -0.2) is 15.8 Å². The highest BCUT2D eigenvalue weighted by Gasteiger charge is 2.24. The Morgan fingerprint density at radius 3 is 2.86 bits per heavy atom. The minimum Gasteiger partial charge on any atom is -0.331 e. The van der Waals surface area contributed by atoms with Crippen molar-refractivity contribution < 1.29 is 4.79 Å². The Kier molecular flexibility index (Phi) is 3.86. The van der Waals surface area contributed by atoms with Crippen LogP contribution in [0.4, 0.5) is 0 Å². The largest absolute Gasteiger partial charge is 0.331 e. The Morgan fingerprint density at radius 1 is 1.57 bits per heavy atom. The average Bonchev–Trinajstić information content (AvgIpc) is 2.68. The molecule has 1 heterocycles. The fraction of sp³-hybridized carbons (Fsp3) is 0.636. The first-order valence-electron chi connectivity index (χ1n) is 5.15. The van der Waals surface area contributed by atoms with Gasteiger partial charge in [-0.05, 0) is 13.3 Å². The second-order valence-corrected chi connectivity index (χ2v) is 3.94. The second kappa shape index (κ2) is 4.94. The zero-order chi connectivity index (χ0) is 10.4. The minimum atomic E-state index is -0.0890. The van der Waals surface area contributed by atoms with Gasteiger partial charge < -0.3 is 9.36 Å². The molecule has 0 amide bonds. The molecular weight excluding hydrogens is 176 g/mol. The number of unbranched alkanes of at least 4 members (excludes halogenated alkanes) is 1. The van der Waals surface area contributed by atoms with E-state index in [1.165, 1.54) is 0 Å². The first kappa shape index (κ1) is 11.0. The molecule has 0 saturated carbocycles. The van der Waals surface area contributed by atoms with E-state index in [9.17, 15) is 4.79 Å². The molecule has 0 bridgehead atoms. The first-order valence-corrected chi connectivity index (χ1v) is 5.15. The molecule has 0 spiro atoms. The van der Waals surface area contributed by atoms with Crippen molar-refractivity contribution in [3.05, 3.63) is 18.7 Å². The summed E-state index contributed by atoms with van der Waals surface area (Å²) in [6.07, 6.45) is 10.4. The second-order valence-electron chi connectivity index (χ2n) is 3.94. The van der Waals surface area contributed by atoms with Crippen molar-refractivity contribution in [1.82, 2.24) is 9.55 Å². The maximum atomic E-state index is 10.6. The molecule has 0 aromatic carbocycles. The van der Waals surface area contributed by atoms with Gasteiger partial charge in [-0.3, -0.25) is 0 Å². The number of carbonyl (C=O) groups excluding carboxylic acids is 1. The third-order valence-electron chi connectivity index (χ3n) is 2.72. The van der Waals surface area contributed by atoms with E-state index in [1.54, 1.807) is 12.5 Å². The van der Waals surface area contributed by atoms with E-state index in [1.807, 2.05) is 10.8 Å². The van der Waals surface area contributed by atoms with Gasteiger partial charge >= 0.3 is 0 Å². The number of aldehydes is 1. The number of hydrogen-bond donors (Lipinski definition) is 0. The molecular formula is C11H18N2O. The summed E-state index contributed by atoms with van der Waals surface area (Å²) in [7, 11) is 0. The normalized spacial score (nSPS) is 15.0. The molecule has 78 valence electrons. The molecule has 3 heteroatoms. The third kappa shape index (κ3) is 2.44. The van der Waals surface area contributed by atoms with Crippen LogP contribution in [-0.2, 0) is 10.3 Å². The Balaban J connectivity index is 2.75. The summed E-state index contributed by atoms with van der Waals surface area (Å²) < 4.78 is 2.04. The Hall–Kier alpha value is -1.12. The van der Waals surface area contributed by atoms with Crippen LogP contribution in [0.1, 0.15) is 39.5 Å². The van der Waals surface area contributed by atoms with Crippen LogP contribution in [0.15, 0.2) is 18.7 Å². The number of imidazole rings is 1. The lowest BCUT2D eigenvalue weighted by atomic mass is 9.91. The molecule has 1 atom stereocenters. The van der Waals surface area contributed by atoms with Crippen molar-refractivity contribution >= 4 is 6.29 Å². The van der Waals surface area contributed by atoms with Gasteiger partial charge in [-0.25, -0.2) is 4.98 Å². The third-order valence-corrected chi connectivity index (χ3v) is 2.72. The predicted octanol–water partition coefficient (Wildman–Crippen LogP) is 2.38. The van der Waals surface area contributed by atoms with E-state index >= 15 is 0 Å². The van der Waals surface area contributed by atoms with E-state index in [2.05, 4.69) is 18.8 Å². The summed E-state index contributed by atoms with van der Waals surface area (Å²) in [6, 6.07) is 0. The number of rotatable bonds is 6. The zero-order valence-electron chi connectivity index (χ0n) is 8.94. The Morgan fingerprint density at radius 2 is 2.36 bits per heavy atom. The van der Waals surface area contributed by atoms with Gasteiger partial charge in [0.25, 0.3) is 0 Å². The summed E-state index contributed by atoms with van der Waals surface area (Å²) in [5.74, 6) is 0. The molecule has 0 fully saturated rings. The number of carbonyl (C=O) groups is 1. The van der Waals surface area contributed by atoms with E-state index in [4.69, 9.17) is 0 Å². The zero-order valence-corrected chi connectivity index (χ0v) is 8.94. The summed E-state index contributed by atoms with van der Waals surface area (Å²) in [5, 5.41) is 0. The SMILES string of the molecule is CCCCC(C)(CC=O)n1ccnc1. The molecule has 1 aromatic heterocycles. The topological polar surface area (TPSA) is 34.9 Å². The predicted molar refractivity (Wildman–Crippen MR) is 56.1 cm³/mol. The van der Waals surface area contributed by atoms with Gasteiger partial charge in [-0.15, -0.1) is 0 Å². The maximum absolute atomic E-state index is 10.6. The summed E-state index contributed by atoms with van der Waals surface area (Å²) in [6.45, 7) is 4.27. The van der Waals surface area contributed by atoms with Gasteiger partial charge in [-0.2, -0.15) is 0 Å². The molecule has 0 aliphatic heterocycles. The fourth-order valence-electron chi connectivity index (χ4n) is 1.65. The van der Waals surface area contributed by atoms with Gasteiger partial charge in [0.15, 0.2) is 0 Å². The first-order chi connectivity index (χ1) is 6.73. The molecule has 1 aromatic rings. The van der Waals surface area contributed by atoms with Crippen LogP contribution in [0.3, 0.4) is 0 Å². The van der Waals surface area contributed by atoms with Crippen molar-refractivity contribution in [3.8, 4) is 0 Å². The van der Waals surface area contributed by atoms with Gasteiger partial charge in [0.1, 0.15) is 6.29 Å². The summed E-state index contributed by atoms with van der Waals surface area (Å²) >= 11 is 0. The number of hydrogen-bond acceptors (Lipinski definition) is 2. The molecule has 0 aliphatic rings. The quantitative estimate of drug-likeness (QED) is 0.652. The van der Waals surface area contributed by atoms with E-state index in [0.29, 0.717) is 6.42 Å². The lowest BCUT2D eigenvalue weighted by Gasteiger charge is -2.29. The maximum Gasteiger partial charge on any atom is 0.122 e. The van der Waals surface area contributed by atoms with Crippen molar-refractivity contribution in [2.24, 2.45) is 0 Å². The Labute approximate surface area is 85.2 Å². The average molecular weight is 194 g/mol. The molecule has 1 rings (SSSR count). The fourth-order valence-corrected chi connectivity index (χ4v) is 1.65. The van der Waals surface area contributed by atoms with Crippen LogP contribution in [0.25, 0.3) is 0 Å². The molecule has 0 N–H and O–H groups in total. The van der Waals surface area contributed by atoms with E-state index in [-0.39, 0.29) is 5.54 Å². The summed E-state index contributed by atoms with van der Waals surface area (Å²) in [4.78, 5) is 14.7. The molecule has 1 unspecified atom stereocenters.